The monoisotopic (exact) mass is 273 g/mol. The summed E-state index contributed by atoms with van der Waals surface area (Å²) in [6.45, 7) is 2.94. The molecule has 2 rings (SSSR count). The van der Waals surface area contributed by atoms with Crippen LogP contribution in [0, 0.1) is 0 Å². The molecule has 2 aromatic rings. The van der Waals surface area contributed by atoms with Gasteiger partial charge in [0.25, 0.3) is 0 Å². The highest BCUT2D eigenvalue weighted by atomic mass is 32.2. The molecule has 0 saturated carbocycles. The van der Waals surface area contributed by atoms with E-state index in [0.29, 0.717) is 11.9 Å². The predicted molar refractivity (Wildman–Crippen MR) is 83.7 cm³/mol. The molecule has 2 nitrogen and oxygen atoms in total. The van der Waals surface area contributed by atoms with Gasteiger partial charge in [-0.05, 0) is 36.8 Å². The fourth-order valence-corrected chi connectivity index (χ4v) is 2.65. The van der Waals surface area contributed by atoms with Gasteiger partial charge in [0.15, 0.2) is 0 Å². The van der Waals surface area contributed by atoms with E-state index in [1.54, 1.807) is 0 Å². The molecule has 0 radical (unpaired) electrons. The van der Waals surface area contributed by atoms with Crippen molar-refractivity contribution in [2.45, 2.75) is 12.2 Å². The first-order valence-electron chi connectivity index (χ1n) is 6.40. The summed E-state index contributed by atoms with van der Waals surface area (Å²) in [5, 5.41) is 0.496. The van der Waals surface area contributed by atoms with Gasteiger partial charge in [-0.1, -0.05) is 30.3 Å². The molecule has 2 N–H and O–H groups in total. The van der Waals surface area contributed by atoms with Crippen LogP contribution in [0.5, 0.6) is 5.75 Å². The molecule has 0 heterocycles. The lowest BCUT2D eigenvalue weighted by molar-refractivity contribution is 0.344. The number of anilines is 1. The summed E-state index contributed by atoms with van der Waals surface area (Å²) in [6, 6.07) is 18.1. The lowest BCUT2D eigenvalue weighted by Crippen LogP contribution is -2.02. The molecule has 0 fully saturated rings. The van der Waals surface area contributed by atoms with Crippen LogP contribution in [-0.4, -0.2) is 12.4 Å². The van der Waals surface area contributed by atoms with Crippen LogP contribution in [0.4, 0.5) is 5.69 Å². The third kappa shape index (κ3) is 4.52. The SMILES string of the molecule is CC(SCCOc1ccc(N)cc1)c1ccccc1. The highest BCUT2D eigenvalue weighted by Crippen LogP contribution is 2.27. The van der Waals surface area contributed by atoms with E-state index in [0.717, 1.165) is 17.2 Å². The molecule has 1 unspecified atom stereocenters. The van der Waals surface area contributed by atoms with Gasteiger partial charge in [-0.15, -0.1) is 0 Å². The number of rotatable bonds is 6. The quantitative estimate of drug-likeness (QED) is 0.634. The van der Waals surface area contributed by atoms with Gasteiger partial charge >= 0.3 is 0 Å². The normalized spacial score (nSPS) is 12.1. The second-order valence-corrected chi connectivity index (χ2v) is 5.79. The topological polar surface area (TPSA) is 35.2 Å². The van der Waals surface area contributed by atoms with Crippen molar-refractivity contribution in [3.63, 3.8) is 0 Å². The molecule has 100 valence electrons. The molecule has 3 heteroatoms. The molecule has 0 aliphatic rings. The van der Waals surface area contributed by atoms with E-state index < -0.39 is 0 Å². The van der Waals surface area contributed by atoms with Crippen LogP contribution in [0.1, 0.15) is 17.7 Å². The molecule has 0 spiro atoms. The van der Waals surface area contributed by atoms with Crippen molar-refractivity contribution in [3.05, 3.63) is 60.2 Å². The molecular weight excluding hydrogens is 254 g/mol. The van der Waals surface area contributed by atoms with Crippen molar-refractivity contribution in [1.82, 2.24) is 0 Å². The summed E-state index contributed by atoms with van der Waals surface area (Å²) in [6.07, 6.45) is 0. The number of thioether (sulfide) groups is 1. The summed E-state index contributed by atoms with van der Waals surface area (Å²) < 4.78 is 5.67. The van der Waals surface area contributed by atoms with Gasteiger partial charge in [0, 0.05) is 16.7 Å². The number of hydrogen-bond acceptors (Lipinski definition) is 3. The first-order chi connectivity index (χ1) is 9.25. The summed E-state index contributed by atoms with van der Waals surface area (Å²) in [5.74, 6) is 1.85. The fraction of sp³-hybridized carbons (Fsp3) is 0.250. The third-order valence-electron chi connectivity index (χ3n) is 2.87. The highest BCUT2D eigenvalue weighted by molar-refractivity contribution is 7.99. The summed E-state index contributed by atoms with van der Waals surface area (Å²) >= 11 is 1.90. The molecule has 0 saturated heterocycles. The second kappa shape index (κ2) is 7.10. The molecule has 0 aliphatic carbocycles. The lowest BCUT2D eigenvalue weighted by Gasteiger charge is -2.12. The largest absolute Gasteiger partial charge is 0.493 e. The average molecular weight is 273 g/mol. The number of ether oxygens (including phenoxy) is 1. The molecular formula is C16H19NOS. The first kappa shape index (κ1) is 13.8. The Balaban J connectivity index is 1.71. The minimum Gasteiger partial charge on any atom is -0.493 e. The zero-order valence-corrected chi connectivity index (χ0v) is 11.9. The minimum absolute atomic E-state index is 0.496. The average Bonchev–Trinajstić information content (AvgIpc) is 2.46. The Bertz CT molecular complexity index is 484. The molecule has 0 bridgehead atoms. The smallest absolute Gasteiger partial charge is 0.119 e. The van der Waals surface area contributed by atoms with Crippen molar-refractivity contribution in [3.8, 4) is 5.75 Å². The Kier molecular flexibility index (Phi) is 5.16. The van der Waals surface area contributed by atoms with Crippen LogP contribution in [0.15, 0.2) is 54.6 Å². The Morgan fingerprint density at radius 2 is 1.74 bits per heavy atom. The number of nitrogen functional groups attached to an aromatic ring is 1. The lowest BCUT2D eigenvalue weighted by atomic mass is 10.2. The number of hydrogen-bond donors (Lipinski definition) is 1. The Morgan fingerprint density at radius 1 is 1.05 bits per heavy atom. The van der Waals surface area contributed by atoms with Crippen molar-refractivity contribution in [2.24, 2.45) is 0 Å². The third-order valence-corrected chi connectivity index (χ3v) is 4.04. The van der Waals surface area contributed by atoms with Gasteiger partial charge in [-0.25, -0.2) is 0 Å². The van der Waals surface area contributed by atoms with Crippen molar-refractivity contribution >= 4 is 17.4 Å². The number of nitrogens with two attached hydrogens (primary N) is 1. The zero-order valence-electron chi connectivity index (χ0n) is 11.1. The van der Waals surface area contributed by atoms with E-state index in [-0.39, 0.29) is 0 Å². The Hall–Kier alpha value is -1.61. The van der Waals surface area contributed by atoms with Crippen LogP contribution in [0.3, 0.4) is 0 Å². The Morgan fingerprint density at radius 3 is 2.42 bits per heavy atom. The predicted octanol–water partition coefficient (Wildman–Crippen LogP) is 4.14. The molecule has 1 atom stereocenters. The van der Waals surface area contributed by atoms with E-state index in [2.05, 4.69) is 31.2 Å². The van der Waals surface area contributed by atoms with E-state index in [1.165, 1.54) is 5.56 Å². The molecule has 0 aromatic heterocycles. The van der Waals surface area contributed by atoms with Gasteiger partial charge in [0.05, 0.1) is 6.61 Å². The fourth-order valence-electron chi connectivity index (χ4n) is 1.77. The first-order valence-corrected chi connectivity index (χ1v) is 7.45. The van der Waals surface area contributed by atoms with E-state index in [4.69, 9.17) is 10.5 Å². The van der Waals surface area contributed by atoms with Crippen molar-refractivity contribution < 1.29 is 4.74 Å². The molecule has 2 aromatic carbocycles. The van der Waals surface area contributed by atoms with Gasteiger partial charge in [-0.2, -0.15) is 11.8 Å². The van der Waals surface area contributed by atoms with E-state index in [1.807, 2.05) is 42.1 Å². The van der Waals surface area contributed by atoms with Crippen molar-refractivity contribution in [2.75, 3.05) is 18.1 Å². The maximum absolute atomic E-state index is 5.67. The highest BCUT2D eigenvalue weighted by Gasteiger charge is 2.04. The Labute approximate surface area is 119 Å². The van der Waals surface area contributed by atoms with E-state index >= 15 is 0 Å². The van der Waals surface area contributed by atoms with Gasteiger partial charge in [0.1, 0.15) is 5.75 Å². The number of benzene rings is 2. The van der Waals surface area contributed by atoms with Gasteiger partial charge in [-0.3, -0.25) is 0 Å². The standard InChI is InChI=1S/C16H19NOS/c1-13(14-5-3-2-4-6-14)19-12-11-18-16-9-7-15(17)8-10-16/h2-10,13H,11-12,17H2,1H3. The summed E-state index contributed by atoms with van der Waals surface area (Å²) in [4.78, 5) is 0. The minimum atomic E-state index is 0.496. The van der Waals surface area contributed by atoms with Crippen LogP contribution in [0.25, 0.3) is 0 Å². The van der Waals surface area contributed by atoms with Crippen LogP contribution in [0.2, 0.25) is 0 Å². The van der Waals surface area contributed by atoms with Gasteiger partial charge < -0.3 is 10.5 Å². The van der Waals surface area contributed by atoms with Crippen LogP contribution in [-0.2, 0) is 0 Å². The molecule has 0 amide bonds. The van der Waals surface area contributed by atoms with Crippen molar-refractivity contribution in [1.29, 1.82) is 0 Å². The van der Waals surface area contributed by atoms with Crippen LogP contribution < -0.4 is 10.5 Å². The molecule has 0 aliphatic heterocycles. The maximum Gasteiger partial charge on any atom is 0.119 e. The maximum atomic E-state index is 5.67. The summed E-state index contributed by atoms with van der Waals surface area (Å²) in [5.41, 5.74) is 7.75. The van der Waals surface area contributed by atoms with E-state index in [9.17, 15) is 0 Å². The second-order valence-electron chi connectivity index (χ2n) is 4.34. The van der Waals surface area contributed by atoms with Crippen LogP contribution >= 0.6 is 11.8 Å². The zero-order chi connectivity index (χ0) is 13.5. The summed E-state index contributed by atoms with van der Waals surface area (Å²) in [7, 11) is 0. The van der Waals surface area contributed by atoms with Gasteiger partial charge in [0.2, 0.25) is 0 Å². The molecule has 19 heavy (non-hydrogen) atoms.